The molecule has 5 heteroatoms. The Hall–Kier alpha value is -1.03. The van der Waals surface area contributed by atoms with Crippen molar-refractivity contribution in [2.75, 3.05) is 0 Å². The van der Waals surface area contributed by atoms with E-state index in [9.17, 15) is 18.0 Å². The summed E-state index contributed by atoms with van der Waals surface area (Å²) in [7, 11) is 0. The third-order valence-electron chi connectivity index (χ3n) is 2.14. The average Bonchev–Trinajstić information content (AvgIpc) is 2.17. The molecule has 0 aliphatic rings. The van der Waals surface area contributed by atoms with Crippen LogP contribution >= 0.6 is 11.6 Å². The molecule has 16 heavy (non-hydrogen) atoms. The monoisotopic (exact) mass is 250 g/mol. The minimum absolute atomic E-state index is 0.261. The van der Waals surface area contributed by atoms with E-state index in [1.54, 1.807) is 19.1 Å². The lowest BCUT2D eigenvalue weighted by Gasteiger charge is -2.07. The molecule has 1 nitrogen and oxygen atoms in total. The molecule has 1 aromatic carbocycles. The predicted molar refractivity (Wildman–Crippen MR) is 55.8 cm³/mol. The minimum atomic E-state index is -4.30. The summed E-state index contributed by atoms with van der Waals surface area (Å²) in [6.45, 7) is 1.66. The number of carbonyl (C=O) groups excluding carboxylic acids is 1. The molecule has 0 heterocycles. The smallest absolute Gasteiger partial charge is 0.294 e. The summed E-state index contributed by atoms with van der Waals surface area (Å²) in [6.07, 6.45) is -5.94. The van der Waals surface area contributed by atoms with Crippen molar-refractivity contribution in [2.45, 2.75) is 25.9 Å². The van der Waals surface area contributed by atoms with E-state index in [4.69, 9.17) is 11.6 Å². The Kier molecular flexibility index (Phi) is 3.97. The molecule has 0 aliphatic heterocycles. The molecule has 0 saturated heterocycles. The van der Waals surface area contributed by atoms with Crippen LogP contribution in [0.2, 0.25) is 5.02 Å². The van der Waals surface area contributed by atoms with Crippen LogP contribution in [0.15, 0.2) is 18.2 Å². The van der Waals surface area contributed by atoms with E-state index < -0.39 is 24.8 Å². The molecule has 1 rings (SSSR count). The lowest BCUT2D eigenvalue weighted by atomic mass is 10.0. The van der Waals surface area contributed by atoms with Crippen LogP contribution in [-0.2, 0) is 0 Å². The van der Waals surface area contributed by atoms with Crippen molar-refractivity contribution in [1.82, 2.24) is 0 Å². The van der Waals surface area contributed by atoms with Gasteiger partial charge in [-0.3, -0.25) is 4.79 Å². The van der Waals surface area contributed by atoms with Gasteiger partial charge in [-0.15, -0.1) is 0 Å². The SMILES string of the molecule is Cc1ccc(Cl)cc1C(=O)CCC(F)(F)F. The molecule has 88 valence electrons. The Morgan fingerprint density at radius 1 is 1.38 bits per heavy atom. The summed E-state index contributed by atoms with van der Waals surface area (Å²) in [6, 6.07) is 4.61. The number of Topliss-reactive ketones (excluding diaryl/α,β-unsaturated/α-hetero) is 1. The summed E-state index contributed by atoms with van der Waals surface area (Å²) in [4.78, 5) is 11.5. The maximum atomic E-state index is 11.9. The maximum Gasteiger partial charge on any atom is 0.389 e. The second-order valence-corrected chi connectivity index (χ2v) is 3.93. The molecule has 0 unspecified atom stereocenters. The van der Waals surface area contributed by atoms with Crippen molar-refractivity contribution in [1.29, 1.82) is 0 Å². The lowest BCUT2D eigenvalue weighted by molar-refractivity contribution is -0.133. The second-order valence-electron chi connectivity index (χ2n) is 3.50. The summed E-state index contributed by atoms with van der Waals surface area (Å²) in [5.74, 6) is -0.530. The zero-order chi connectivity index (χ0) is 12.3. The molecule has 0 spiro atoms. The van der Waals surface area contributed by atoms with Crippen molar-refractivity contribution in [2.24, 2.45) is 0 Å². The summed E-state index contributed by atoms with van der Waals surface area (Å²) < 4.78 is 35.8. The van der Waals surface area contributed by atoms with E-state index in [1.165, 1.54) is 6.07 Å². The molecule has 0 radical (unpaired) electrons. The van der Waals surface area contributed by atoms with Gasteiger partial charge in [-0.25, -0.2) is 0 Å². The van der Waals surface area contributed by atoms with Gasteiger partial charge in [0.25, 0.3) is 0 Å². The van der Waals surface area contributed by atoms with E-state index >= 15 is 0 Å². The largest absolute Gasteiger partial charge is 0.389 e. The van der Waals surface area contributed by atoms with Gasteiger partial charge in [0.1, 0.15) is 0 Å². The molecule has 1 aromatic rings. The third-order valence-corrected chi connectivity index (χ3v) is 2.37. The molecule has 0 atom stereocenters. The topological polar surface area (TPSA) is 17.1 Å². The Morgan fingerprint density at radius 3 is 2.56 bits per heavy atom. The van der Waals surface area contributed by atoms with Gasteiger partial charge in [0.05, 0.1) is 6.42 Å². The Morgan fingerprint density at radius 2 is 2.00 bits per heavy atom. The van der Waals surface area contributed by atoms with Gasteiger partial charge in [0.2, 0.25) is 0 Å². The summed E-state index contributed by atoms with van der Waals surface area (Å²) >= 11 is 5.68. The standard InChI is InChI=1S/C11H10ClF3O/c1-7-2-3-8(12)6-9(7)10(16)4-5-11(13,14)15/h2-3,6H,4-5H2,1H3. The zero-order valence-corrected chi connectivity index (χ0v) is 9.32. The number of halogens is 4. The number of rotatable bonds is 3. The van der Waals surface area contributed by atoms with Crippen LogP contribution in [0.1, 0.15) is 28.8 Å². The molecule has 0 amide bonds. The Bertz CT molecular complexity index is 399. The van der Waals surface area contributed by atoms with Crippen LogP contribution in [-0.4, -0.2) is 12.0 Å². The number of hydrogen-bond acceptors (Lipinski definition) is 1. The fraction of sp³-hybridized carbons (Fsp3) is 0.364. The average molecular weight is 251 g/mol. The van der Waals surface area contributed by atoms with E-state index in [2.05, 4.69) is 0 Å². The van der Waals surface area contributed by atoms with Gasteiger partial charge in [-0.2, -0.15) is 13.2 Å². The molecule has 0 aromatic heterocycles. The van der Waals surface area contributed by atoms with Gasteiger partial charge in [-0.1, -0.05) is 17.7 Å². The van der Waals surface area contributed by atoms with Gasteiger partial charge in [0.15, 0.2) is 5.78 Å². The minimum Gasteiger partial charge on any atom is -0.294 e. The van der Waals surface area contributed by atoms with Crippen LogP contribution in [0.25, 0.3) is 0 Å². The first-order valence-corrected chi connectivity index (χ1v) is 5.03. The molecular formula is C11H10ClF3O. The highest BCUT2D eigenvalue weighted by molar-refractivity contribution is 6.31. The van der Waals surface area contributed by atoms with Gasteiger partial charge in [0, 0.05) is 17.0 Å². The van der Waals surface area contributed by atoms with Crippen LogP contribution < -0.4 is 0 Å². The Balaban J connectivity index is 2.77. The van der Waals surface area contributed by atoms with E-state index in [0.717, 1.165) is 0 Å². The van der Waals surface area contributed by atoms with Crippen molar-refractivity contribution < 1.29 is 18.0 Å². The van der Waals surface area contributed by atoms with Crippen molar-refractivity contribution >= 4 is 17.4 Å². The predicted octanol–water partition coefficient (Wildman–Crippen LogP) is 4.17. The zero-order valence-electron chi connectivity index (χ0n) is 8.57. The number of aryl methyl sites for hydroxylation is 1. The number of hydrogen-bond donors (Lipinski definition) is 0. The van der Waals surface area contributed by atoms with Crippen molar-refractivity contribution in [3.05, 3.63) is 34.3 Å². The molecule has 0 aliphatic carbocycles. The van der Waals surface area contributed by atoms with Crippen LogP contribution in [0.4, 0.5) is 13.2 Å². The molecule has 0 saturated carbocycles. The van der Waals surface area contributed by atoms with Crippen molar-refractivity contribution in [3.8, 4) is 0 Å². The first-order valence-electron chi connectivity index (χ1n) is 4.66. The number of benzene rings is 1. The molecule has 0 N–H and O–H groups in total. The number of ketones is 1. The molecule has 0 bridgehead atoms. The van der Waals surface area contributed by atoms with Crippen LogP contribution in [0.5, 0.6) is 0 Å². The Labute approximate surface area is 96.2 Å². The highest BCUT2D eigenvalue weighted by Crippen LogP contribution is 2.24. The lowest BCUT2D eigenvalue weighted by Crippen LogP contribution is -2.11. The fourth-order valence-electron chi connectivity index (χ4n) is 1.28. The van der Waals surface area contributed by atoms with Gasteiger partial charge < -0.3 is 0 Å². The number of alkyl halides is 3. The van der Waals surface area contributed by atoms with Crippen LogP contribution in [0.3, 0.4) is 0 Å². The van der Waals surface area contributed by atoms with Gasteiger partial charge >= 0.3 is 6.18 Å². The number of carbonyl (C=O) groups is 1. The van der Waals surface area contributed by atoms with E-state index in [-0.39, 0.29) is 5.56 Å². The van der Waals surface area contributed by atoms with E-state index in [0.29, 0.717) is 10.6 Å². The first kappa shape index (κ1) is 13.0. The van der Waals surface area contributed by atoms with Crippen molar-refractivity contribution in [3.63, 3.8) is 0 Å². The highest BCUT2D eigenvalue weighted by atomic mass is 35.5. The third kappa shape index (κ3) is 3.85. The van der Waals surface area contributed by atoms with E-state index in [1.807, 2.05) is 0 Å². The summed E-state index contributed by atoms with van der Waals surface area (Å²) in [5.41, 5.74) is 0.897. The second kappa shape index (κ2) is 4.87. The highest BCUT2D eigenvalue weighted by Gasteiger charge is 2.28. The molecule has 0 fully saturated rings. The normalized spacial score (nSPS) is 11.6. The maximum absolute atomic E-state index is 11.9. The quantitative estimate of drug-likeness (QED) is 0.736. The summed E-state index contributed by atoms with van der Waals surface area (Å²) in [5, 5.41) is 0.348. The van der Waals surface area contributed by atoms with Crippen LogP contribution in [0, 0.1) is 6.92 Å². The molecular weight excluding hydrogens is 241 g/mol. The fourth-order valence-corrected chi connectivity index (χ4v) is 1.46. The first-order chi connectivity index (χ1) is 7.29. The van der Waals surface area contributed by atoms with Gasteiger partial charge in [-0.05, 0) is 24.6 Å².